The Balaban J connectivity index is 2.14. The Morgan fingerprint density at radius 2 is 2.17 bits per heavy atom. The van der Waals surface area contributed by atoms with Gasteiger partial charge in [0.15, 0.2) is 11.3 Å². The van der Waals surface area contributed by atoms with Gasteiger partial charge in [0.25, 0.3) is 5.69 Å². The molecule has 0 aliphatic carbocycles. The summed E-state index contributed by atoms with van der Waals surface area (Å²) in [7, 11) is 0. The number of thioether (sulfide) groups is 1. The molecular formula is C13H11F4N3O3S. The summed E-state index contributed by atoms with van der Waals surface area (Å²) in [5.74, 6) is -2.08. The molecule has 2 aliphatic heterocycles. The third-order valence-electron chi connectivity index (χ3n) is 4.11. The fraction of sp³-hybridized carbons (Fsp3) is 0.462. The lowest BCUT2D eigenvalue weighted by Gasteiger charge is -2.37. The molecule has 1 aromatic rings. The van der Waals surface area contributed by atoms with Crippen molar-refractivity contribution in [3.05, 3.63) is 39.7 Å². The Kier molecular flexibility index (Phi) is 3.95. The third-order valence-corrected chi connectivity index (χ3v) is 5.45. The molecule has 2 aliphatic rings. The van der Waals surface area contributed by atoms with Crippen LogP contribution in [0.3, 0.4) is 0 Å². The maximum atomic E-state index is 14.3. The minimum Gasteiger partial charge on any atom is -0.379 e. The molecule has 0 radical (unpaired) electrons. The van der Waals surface area contributed by atoms with Gasteiger partial charge in [0.1, 0.15) is 5.82 Å². The average Bonchev–Trinajstić information content (AvgIpc) is 2.86. The number of rotatable bonds is 2. The van der Waals surface area contributed by atoms with E-state index in [1.165, 1.54) is 0 Å². The van der Waals surface area contributed by atoms with Gasteiger partial charge in [-0.3, -0.25) is 15.1 Å². The number of nitrogens with two attached hydrogens (primary N) is 1. The largest absolute Gasteiger partial charge is 0.415 e. The molecule has 11 heteroatoms. The van der Waals surface area contributed by atoms with Crippen LogP contribution in [0.25, 0.3) is 0 Å². The molecule has 2 heterocycles. The summed E-state index contributed by atoms with van der Waals surface area (Å²) in [6.07, 6.45) is -6.80. The van der Waals surface area contributed by atoms with E-state index in [4.69, 9.17) is 10.5 Å². The number of nitro groups is 1. The summed E-state index contributed by atoms with van der Waals surface area (Å²) in [5, 5.41) is 10.9. The Labute approximate surface area is 137 Å². The molecule has 1 fully saturated rings. The minimum atomic E-state index is -4.66. The molecule has 1 aromatic carbocycles. The normalized spacial score (nSPS) is 29.9. The number of fused-ring (bicyclic) bond motifs is 1. The van der Waals surface area contributed by atoms with E-state index < -0.39 is 46.0 Å². The maximum absolute atomic E-state index is 14.3. The van der Waals surface area contributed by atoms with E-state index in [1.54, 1.807) is 0 Å². The molecule has 0 spiro atoms. The van der Waals surface area contributed by atoms with Crippen LogP contribution >= 0.6 is 11.8 Å². The molecule has 1 saturated heterocycles. The molecule has 0 amide bonds. The van der Waals surface area contributed by atoms with Crippen molar-refractivity contribution in [1.29, 1.82) is 0 Å². The van der Waals surface area contributed by atoms with Gasteiger partial charge in [-0.25, -0.2) is 4.39 Å². The first-order valence-electron chi connectivity index (χ1n) is 6.77. The predicted octanol–water partition coefficient (Wildman–Crippen LogP) is 2.57. The van der Waals surface area contributed by atoms with Crippen molar-refractivity contribution in [2.45, 2.75) is 17.0 Å². The number of halogens is 4. The smallest absolute Gasteiger partial charge is 0.379 e. The Bertz CT molecular complexity index is 727. The molecule has 3 rings (SSSR count). The quantitative estimate of drug-likeness (QED) is 0.494. The van der Waals surface area contributed by atoms with E-state index >= 15 is 0 Å². The van der Waals surface area contributed by atoms with Gasteiger partial charge < -0.3 is 10.5 Å². The second kappa shape index (κ2) is 5.59. The molecule has 0 saturated carbocycles. The number of nitro benzene ring substituents is 1. The van der Waals surface area contributed by atoms with Crippen molar-refractivity contribution in [1.82, 2.24) is 0 Å². The highest BCUT2D eigenvalue weighted by Gasteiger charge is 2.62. The van der Waals surface area contributed by atoms with E-state index in [9.17, 15) is 27.7 Å². The zero-order valence-electron chi connectivity index (χ0n) is 11.9. The first-order valence-corrected chi connectivity index (χ1v) is 7.58. The summed E-state index contributed by atoms with van der Waals surface area (Å²) >= 11 is 0.752. The van der Waals surface area contributed by atoms with Gasteiger partial charge in [-0.05, 0) is 6.07 Å². The van der Waals surface area contributed by atoms with E-state index in [1.807, 2.05) is 0 Å². The number of ether oxygens (including phenoxy) is 1. The van der Waals surface area contributed by atoms with Gasteiger partial charge in [-0.15, -0.1) is 0 Å². The van der Waals surface area contributed by atoms with E-state index in [2.05, 4.69) is 4.99 Å². The highest BCUT2D eigenvalue weighted by molar-refractivity contribution is 8.14. The molecule has 130 valence electrons. The molecule has 2 N–H and O–H groups in total. The Morgan fingerprint density at radius 1 is 1.46 bits per heavy atom. The molecular weight excluding hydrogens is 354 g/mol. The summed E-state index contributed by atoms with van der Waals surface area (Å²) in [6, 6.07) is 2.76. The number of non-ortho nitro benzene ring substituents is 1. The van der Waals surface area contributed by atoms with Crippen LogP contribution in [0, 0.1) is 21.8 Å². The molecule has 24 heavy (non-hydrogen) atoms. The fourth-order valence-electron chi connectivity index (χ4n) is 3.04. The van der Waals surface area contributed by atoms with Crippen LogP contribution in [-0.2, 0) is 9.48 Å². The van der Waals surface area contributed by atoms with Crippen molar-refractivity contribution < 1.29 is 27.2 Å². The number of nitrogens with zero attached hydrogens (tertiary/aromatic N) is 2. The predicted molar refractivity (Wildman–Crippen MR) is 78.1 cm³/mol. The van der Waals surface area contributed by atoms with Crippen LogP contribution in [0.2, 0.25) is 0 Å². The first-order chi connectivity index (χ1) is 11.1. The lowest BCUT2D eigenvalue weighted by molar-refractivity contribution is -0.385. The lowest BCUT2D eigenvalue weighted by Crippen LogP contribution is -2.45. The van der Waals surface area contributed by atoms with Crippen LogP contribution in [0.5, 0.6) is 0 Å². The minimum absolute atomic E-state index is 0.0106. The highest BCUT2D eigenvalue weighted by Crippen LogP contribution is 2.55. The van der Waals surface area contributed by atoms with E-state index in [0.717, 1.165) is 30.0 Å². The van der Waals surface area contributed by atoms with Crippen molar-refractivity contribution in [3.63, 3.8) is 0 Å². The van der Waals surface area contributed by atoms with Gasteiger partial charge in [0.2, 0.25) is 0 Å². The van der Waals surface area contributed by atoms with Crippen molar-refractivity contribution in [2.24, 2.45) is 16.6 Å². The maximum Gasteiger partial charge on any atom is 0.415 e. The first kappa shape index (κ1) is 17.0. The molecule has 3 atom stereocenters. The standard InChI is InChI=1S/C13H11F4N3O3S/c14-9-2-1-6(20(21)22)3-7(9)12-5-23-10(13(15,16)17)8(12)4-19-11(18)24-12/h1-3,8,10H,4-5H2,(H2,18,19)/t8-,10-,12+/m0/s1. The van der Waals surface area contributed by atoms with Crippen LogP contribution < -0.4 is 5.73 Å². The van der Waals surface area contributed by atoms with Crippen LogP contribution in [-0.4, -0.2) is 35.5 Å². The summed E-state index contributed by atoms with van der Waals surface area (Å²) in [6.45, 7) is -0.772. The van der Waals surface area contributed by atoms with Crippen molar-refractivity contribution in [2.75, 3.05) is 13.2 Å². The van der Waals surface area contributed by atoms with Crippen molar-refractivity contribution >= 4 is 22.6 Å². The van der Waals surface area contributed by atoms with Gasteiger partial charge in [-0.2, -0.15) is 13.2 Å². The molecule has 0 unspecified atom stereocenters. The number of amidine groups is 1. The number of alkyl halides is 3. The number of benzene rings is 1. The highest BCUT2D eigenvalue weighted by atomic mass is 32.2. The third kappa shape index (κ3) is 2.61. The van der Waals surface area contributed by atoms with Crippen LogP contribution in [0.1, 0.15) is 5.56 Å². The second-order valence-electron chi connectivity index (χ2n) is 5.47. The van der Waals surface area contributed by atoms with E-state index in [0.29, 0.717) is 0 Å². The second-order valence-corrected chi connectivity index (χ2v) is 6.82. The topological polar surface area (TPSA) is 90.8 Å². The zero-order chi connectivity index (χ0) is 17.7. The lowest BCUT2D eigenvalue weighted by atomic mass is 9.83. The molecule has 0 aromatic heterocycles. The fourth-order valence-corrected chi connectivity index (χ4v) is 4.30. The Morgan fingerprint density at radius 3 is 2.79 bits per heavy atom. The molecule has 0 bridgehead atoms. The van der Waals surface area contributed by atoms with Gasteiger partial charge in [0, 0.05) is 30.2 Å². The number of hydrogen-bond acceptors (Lipinski definition) is 6. The summed E-state index contributed by atoms with van der Waals surface area (Å²) in [5.41, 5.74) is 4.99. The summed E-state index contributed by atoms with van der Waals surface area (Å²) < 4.78 is 57.4. The number of aliphatic imine (C=N–C) groups is 1. The van der Waals surface area contributed by atoms with E-state index in [-0.39, 0.29) is 17.3 Å². The van der Waals surface area contributed by atoms with Gasteiger partial charge in [0.05, 0.1) is 16.3 Å². The zero-order valence-corrected chi connectivity index (χ0v) is 12.7. The Hall–Kier alpha value is -1.88. The SMILES string of the molecule is NC1=NC[C@H]2[C@@H](C(F)(F)F)OC[C@]2(c2cc([N+](=O)[O-])ccc2F)S1. The average molecular weight is 365 g/mol. The van der Waals surface area contributed by atoms with Crippen molar-refractivity contribution in [3.8, 4) is 0 Å². The monoisotopic (exact) mass is 365 g/mol. The number of hydrogen-bond donors (Lipinski definition) is 1. The van der Waals surface area contributed by atoms with Gasteiger partial charge >= 0.3 is 6.18 Å². The van der Waals surface area contributed by atoms with Gasteiger partial charge in [-0.1, -0.05) is 11.8 Å². The van der Waals surface area contributed by atoms with Crippen LogP contribution in [0.15, 0.2) is 23.2 Å². The summed E-state index contributed by atoms with van der Waals surface area (Å²) in [4.78, 5) is 14.0. The van der Waals surface area contributed by atoms with Crippen LogP contribution in [0.4, 0.5) is 23.2 Å². The molecule has 6 nitrogen and oxygen atoms in total.